The first kappa shape index (κ1) is 20.4. The van der Waals surface area contributed by atoms with E-state index < -0.39 is 16.0 Å². The molecule has 0 aliphatic rings. The Balaban J connectivity index is 2.13. The highest BCUT2D eigenvalue weighted by Crippen LogP contribution is 2.29. The van der Waals surface area contributed by atoms with Gasteiger partial charge in [0, 0.05) is 0 Å². The molecule has 0 saturated heterocycles. The van der Waals surface area contributed by atoms with Gasteiger partial charge in [-0.05, 0) is 43.7 Å². The van der Waals surface area contributed by atoms with E-state index in [1.807, 2.05) is 6.07 Å². The third kappa shape index (κ3) is 4.24. The molecule has 0 atom stereocenters. The van der Waals surface area contributed by atoms with E-state index in [-0.39, 0.29) is 28.6 Å². The summed E-state index contributed by atoms with van der Waals surface area (Å²) < 4.78 is 40.4. The minimum atomic E-state index is -4.09. The van der Waals surface area contributed by atoms with Crippen molar-refractivity contribution in [2.45, 2.75) is 18.7 Å². The molecule has 2 aromatic carbocycles. The van der Waals surface area contributed by atoms with Gasteiger partial charge >= 0.3 is 5.97 Å². The Morgan fingerprint density at radius 1 is 1.17 bits per heavy atom. The second kappa shape index (κ2) is 8.36. The first-order valence-corrected chi connectivity index (χ1v) is 10.3. The van der Waals surface area contributed by atoms with Crippen molar-refractivity contribution in [3.05, 3.63) is 65.9 Å². The number of nitrogens with zero attached hydrogens (tertiary/aromatic N) is 2. The van der Waals surface area contributed by atoms with Crippen LogP contribution in [0.1, 0.15) is 22.8 Å². The van der Waals surface area contributed by atoms with Crippen molar-refractivity contribution in [3.63, 3.8) is 0 Å². The highest BCUT2D eigenvalue weighted by atomic mass is 32.2. The van der Waals surface area contributed by atoms with Crippen LogP contribution in [0, 0.1) is 6.92 Å². The maximum Gasteiger partial charge on any atom is 0.343 e. The van der Waals surface area contributed by atoms with Crippen LogP contribution >= 0.6 is 0 Å². The summed E-state index contributed by atoms with van der Waals surface area (Å²) in [5.74, 6) is -0.506. The van der Waals surface area contributed by atoms with Crippen molar-refractivity contribution in [1.82, 2.24) is 9.78 Å². The van der Waals surface area contributed by atoms with E-state index >= 15 is 0 Å². The van der Waals surface area contributed by atoms with Gasteiger partial charge in [0.25, 0.3) is 10.0 Å². The van der Waals surface area contributed by atoms with E-state index in [2.05, 4.69) is 9.82 Å². The smallest absolute Gasteiger partial charge is 0.343 e. The largest absolute Gasteiger partial charge is 0.495 e. The number of carbonyl (C=O) groups excluding carboxylic acids is 1. The molecule has 0 bridgehead atoms. The number of esters is 1. The second-order valence-electron chi connectivity index (χ2n) is 6.13. The monoisotopic (exact) mass is 415 g/mol. The van der Waals surface area contributed by atoms with Crippen LogP contribution in [-0.4, -0.2) is 37.9 Å². The number of nitrogens with one attached hydrogen (secondary N) is 1. The van der Waals surface area contributed by atoms with Crippen LogP contribution in [0.25, 0.3) is 5.69 Å². The standard InChI is InChI=1S/C20H21N3O5S/c1-4-28-20(24)16-13-21-23(15-8-6-5-7-9-15)19(16)22-29(25,26)18-12-14(2)10-11-17(18)27-3/h5-13,22H,4H2,1-3H3. The normalized spacial score (nSPS) is 11.1. The molecule has 1 N–H and O–H groups in total. The van der Waals surface area contributed by atoms with Gasteiger partial charge in [0.05, 0.1) is 25.6 Å². The minimum absolute atomic E-state index is 0.00546. The summed E-state index contributed by atoms with van der Waals surface area (Å²) in [6.07, 6.45) is 1.27. The lowest BCUT2D eigenvalue weighted by Gasteiger charge is -2.15. The van der Waals surface area contributed by atoms with E-state index in [9.17, 15) is 13.2 Å². The van der Waals surface area contributed by atoms with Crippen LogP contribution < -0.4 is 9.46 Å². The Hall–Kier alpha value is -3.33. The van der Waals surface area contributed by atoms with E-state index in [0.29, 0.717) is 5.69 Å². The van der Waals surface area contributed by atoms with Crippen molar-refractivity contribution in [1.29, 1.82) is 0 Å². The molecule has 0 aliphatic carbocycles. The molecule has 9 heteroatoms. The summed E-state index contributed by atoms with van der Waals surface area (Å²) in [5.41, 5.74) is 1.33. The summed E-state index contributed by atoms with van der Waals surface area (Å²) in [4.78, 5) is 12.3. The van der Waals surface area contributed by atoms with Gasteiger partial charge in [0.15, 0.2) is 5.82 Å². The molecule has 1 aromatic heterocycles. The number of hydrogen-bond donors (Lipinski definition) is 1. The Kier molecular flexibility index (Phi) is 5.88. The van der Waals surface area contributed by atoms with E-state index in [1.165, 1.54) is 24.1 Å². The van der Waals surface area contributed by atoms with Crippen molar-refractivity contribution >= 4 is 21.8 Å². The highest BCUT2D eigenvalue weighted by molar-refractivity contribution is 7.92. The topological polar surface area (TPSA) is 99.5 Å². The van der Waals surface area contributed by atoms with Crippen LogP contribution in [0.15, 0.2) is 59.6 Å². The maximum atomic E-state index is 13.2. The third-order valence-corrected chi connectivity index (χ3v) is 5.47. The first-order chi connectivity index (χ1) is 13.9. The van der Waals surface area contributed by atoms with Crippen molar-refractivity contribution in [2.24, 2.45) is 0 Å². The quantitative estimate of drug-likeness (QED) is 0.595. The number of anilines is 1. The molecule has 152 valence electrons. The summed E-state index contributed by atoms with van der Waals surface area (Å²) in [6, 6.07) is 13.7. The molecule has 29 heavy (non-hydrogen) atoms. The summed E-state index contributed by atoms with van der Waals surface area (Å²) in [6.45, 7) is 3.59. The Morgan fingerprint density at radius 2 is 1.90 bits per heavy atom. The van der Waals surface area contributed by atoms with Crippen LogP contribution in [-0.2, 0) is 14.8 Å². The summed E-state index contributed by atoms with van der Waals surface area (Å²) >= 11 is 0. The number of benzene rings is 2. The lowest BCUT2D eigenvalue weighted by molar-refractivity contribution is 0.0527. The van der Waals surface area contributed by atoms with E-state index in [1.54, 1.807) is 50.2 Å². The zero-order chi connectivity index (χ0) is 21.0. The van der Waals surface area contributed by atoms with Crippen LogP contribution in [0.3, 0.4) is 0 Å². The SMILES string of the molecule is CCOC(=O)c1cnn(-c2ccccc2)c1NS(=O)(=O)c1cc(C)ccc1OC. The average molecular weight is 415 g/mol. The molecule has 3 aromatic rings. The van der Waals surface area contributed by atoms with Gasteiger partial charge in [-0.25, -0.2) is 17.9 Å². The van der Waals surface area contributed by atoms with Crippen molar-refractivity contribution in [3.8, 4) is 11.4 Å². The van der Waals surface area contributed by atoms with Crippen LogP contribution in [0.2, 0.25) is 0 Å². The van der Waals surface area contributed by atoms with E-state index in [4.69, 9.17) is 9.47 Å². The zero-order valence-electron chi connectivity index (χ0n) is 16.2. The molecular weight excluding hydrogens is 394 g/mol. The van der Waals surface area contributed by atoms with Crippen LogP contribution in [0.5, 0.6) is 5.75 Å². The first-order valence-electron chi connectivity index (χ1n) is 8.85. The van der Waals surface area contributed by atoms with E-state index in [0.717, 1.165) is 5.56 Å². The Labute approximate surface area is 169 Å². The molecule has 1 heterocycles. The number of carbonyl (C=O) groups is 1. The molecule has 8 nitrogen and oxygen atoms in total. The fourth-order valence-electron chi connectivity index (χ4n) is 2.75. The number of hydrogen-bond acceptors (Lipinski definition) is 6. The van der Waals surface area contributed by atoms with Gasteiger partial charge in [0.1, 0.15) is 16.2 Å². The molecule has 0 fully saturated rings. The molecule has 3 rings (SSSR count). The highest BCUT2D eigenvalue weighted by Gasteiger charge is 2.27. The van der Waals surface area contributed by atoms with Gasteiger partial charge in [-0.15, -0.1) is 0 Å². The number of para-hydroxylation sites is 1. The number of rotatable bonds is 7. The van der Waals surface area contributed by atoms with Crippen molar-refractivity contribution < 1.29 is 22.7 Å². The second-order valence-corrected chi connectivity index (χ2v) is 7.79. The van der Waals surface area contributed by atoms with Crippen LogP contribution in [0.4, 0.5) is 5.82 Å². The van der Waals surface area contributed by atoms with Gasteiger partial charge in [-0.1, -0.05) is 24.3 Å². The lowest BCUT2D eigenvalue weighted by atomic mass is 10.2. The van der Waals surface area contributed by atoms with Gasteiger partial charge in [-0.3, -0.25) is 4.72 Å². The number of methoxy groups -OCH3 is 1. The van der Waals surface area contributed by atoms with Gasteiger partial charge in [0.2, 0.25) is 0 Å². The predicted molar refractivity (Wildman–Crippen MR) is 108 cm³/mol. The van der Waals surface area contributed by atoms with Gasteiger partial charge in [-0.2, -0.15) is 5.10 Å². The fourth-order valence-corrected chi connectivity index (χ4v) is 4.06. The molecular formula is C20H21N3O5S. The number of sulfonamides is 1. The summed E-state index contributed by atoms with van der Waals surface area (Å²) in [5, 5.41) is 4.19. The Bertz CT molecular complexity index is 1120. The number of ether oxygens (including phenoxy) is 2. The molecule has 0 amide bonds. The summed E-state index contributed by atoms with van der Waals surface area (Å²) in [7, 11) is -2.70. The molecule has 0 radical (unpaired) electrons. The molecule has 0 saturated carbocycles. The number of aromatic nitrogens is 2. The fraction of sp³-hybridized carbons (Fsp3) is 0.200. The third-order valence-electron chi connectivity index (χ3n) is 4.11. The molecule has 0 aliphatic heterocycles. The number of aryl methyl sites for hydroxylation is 1. The lowest BCUT2D eigenvalue weighted by Crippen LogP contribution is -2.19. The zero-order valence-corrected chi connectivity index (χ0v) is 17.1. The minimum Gasteiger partial charge on any atom is -0.495 e. The average Bonchev–Trinajstić information content (AvgIpc) is 3.11. The maximum absolute atomic E-state index is 13.2. The van der Waals surface area contributed by atoms with Crippen molar-refractivity contribution in [2.75, 3.05) is 18.4 Å². The molecule has 0 spiro atoms. The predicted octanol–water partition coefficient (Wildman–Crippen LogP) is 3.17. The molecule has 0 unspecified atom stereocenters. The Morgan fingerprint density at radius 3 is 2.55 bits per heavy atom. The van der Waals surface area contributed by atoms with Gasteiger partial charge < -0.3 is 9.47 Å².